The molecule has 82 valence electrons. The summed E-state index contributed by atoms with van der Waals surface area (Å²) in [7, 11) is 0. The topological polar surface area (TPSA) is 61.1 Å². The van der Waals surface area contributed by atoms with Crippen LogP contribution in [-0.2, 0) is 0 Å². The number of hydrogen-bond acceptors (Lipinski definition) is 2. The predicted molar refractivity (Wildman–Crippen MR) is 63.6 cm³/mol. The van der Waals surface area contributed by atoms with Gasteiger partial charge in [-0.2, -0.15) is 5.26 Å². The molecule has 0 amide bonds. The zero-order valence-corrected chi connectivity index (χ0v) is 8.92. The molecule has 0 atom stereocenters. The maximum absolute atomic E-state index is 10.7. The van der Waals surface area contributed by atoms with Crippen molar-refractivity contribution in [1.29, 1.82) is 5.26 Å². The molecule has 3 heteroatoms. The molecule has 3 nitrogen and oxygen atoms in total. The van der Waals surface area contributed by atoms with Gasteiger partial charge in [0.2, 0.25) is 0 Å². The second kappa shape index (κ2) is 4.50. The first-order chi connectivity index (χ1) is 8.22. The van der Waals surface area contributed by atoms with Gasteiger partial charge in [-0.3, -0.25) is 0 Å². The van der Waals surface area contributed by atoms with Crippen LogP contribution in [0.5, 0.6) is 0 Å². The van der Waals surface area contributed by atoms with Crippen LogP contribution in [0.15, 0.2) is 48.5 Å². The van der Waals surface area contributed by atoms with Crippen molar-refractivity contribution in [3.05, 3.63) is 59.7 Å². The van der Waals surface area contributed by atoms with E-state index in [4.69, 9.17) is 10.4 Å². The molecule has 0 aromatic heterocycles. The smallest absolute Gasteiger partial charge is 0.335 e. The summed E-state index contributed by atoms with van der Waals surface area (Å²) < 4.78 is 0. The lowest BCUT2D eigenvalue weighted by Gasteiger charge is -2.04. The first-order valence-corrected chi connectivity index (χ1v) is 5.05. The number of hydrogen-bond donors (Lipinski definition) is 1. The molecule has 17 heavy (non-hydrogen) atoms. The Morgan fingerprint density at radius 2 is 1.71 bits per heavy atom. The van der Waals surface area contributed by atoms with Crippen molar-refractivity contribution in [2.75, 3.05) is 0 Å². The SMILES string of the molecule is N#Cc1ccccc1-c1ccc(C(=O)O)cc1. The summed E-state index contributed by atoms with van der Waals surface area (Å²) in [4.78, 5) is 10.7. The van der Waals surface area contributed by atoms with E-state index < -0.39 is 5.97 Å². The van der Waals surface area contributed by atoms with Gasteiger partial charge < -0.3 is 5.11 Å². The van der Waals surface area contributed by atoms with Crippen LogP contribution < -0.4 is 0 Å². The third-order valence-electron chi connectivity index (χ3n) is 2.49. The second-order valence-corrected chi connectivity index (χ2v) is 3.54. The Balaban J connectivity index is 2.47. The molecular weight excluding hydrogens is 214 g/mol. The molecule has 0 saturated heterocycles. The third-order valence-corrected chi connectivity index (χ3v) is 2.49. The molecule has 2 aromatic rings. The van der Waals surface area contributed by atoms with E-state index in [1.807, 2.05) is 12.1 Å². The summed E-state index contributed by atoms with van der Waals surface area (Å²) in [6.07, 6.45) is 0. The van der Waals surface area contributed by atoms with Gasteiger partial charge in [0, 0.05) is 0 Å². The van der Waals surface area contributed by atoms with E-state index in [0.717, 1.165) is 11.1 Å². The standard InChI is InChI=1S/C14H9NO2/c15-9-12-3-1-2-4-13(12)10-5-7-11(8-6-10)14(16)17/h1-8H,(H,16,17). The van der Waals surface area contributed by atoms with Crippen LogP contribution in [0, 0.1) is 11.3 Å². The highest BCUT2D eigenvalue weighted by Gasteiger charge is 2.05. The average Bonchev–Trinajstić information content (AvgIpc) is 2.39. The second-order valence-electron chi connectivity index (χ2n) is 3.54. The summed E-state index contributed by atoms with van der Waals surface area (Å²) in [6, 6.07) is 15.8. The normalized spacial score (nSPS) is 9.59. The molecule has 0 spiro atoms. The highest BCUT2D eigenvalue weighted by atomic mass is 16.4. The minimum atomic E-state index is -0.954. The van der Waals surface area contributed by atoms with Crippen molar-refractivity contribution in [2.24, 2.45) is 0 Å². The lowest BCUT2D eigenvalue weighted by molar-refractivity contribution is 0.0697. The predicted octanol–water partition coefficient (Wildman–Crippen LogP) is 2.92. The fraction of sp³-hybridized carbons (Fsp3) is 0. The van der Waals surface area contributed by atoms with Crippen LogP contribution in [0.1, 0.15) is 15.9 Å². The highest BCUT2D eigenvalue weighted by molar-refractivity contribution is 5.88. The summed E-state index contributed by atoms with van der Waals surface area (Å²) in [5.41, 5.74) is 2.47. The summed E-state index contributed by atoms with van der Waals surface area (Å²) in [6.45, 7) is 0. The summed E-state index contributed by atoms with van der Waals surface area (Å²) in [5, 5.41) is 17.8. The van der Waals surface area contributed by atoms with Crippen LogP contribution in [0.2, 0.25) is 0 Å². The van der Waals surface area contributed by atoms with Gasteiger partial charge in [-0.15, -0.1) is 0 Å². The van der Waals surface area contributed by atoms with Gasteiger partial charge in [0.1, 0.15) is 0 Å². The minimum Gasteiger partial charge on any atom is -0.478 e. The van der Waals surface area contributed by atoms with Crippen molar-refractivity contribution in [1.82, 2.24) is 0 Å². The highest BCUT2D eigenvalue weighted by Crippen LogP contribution is 2.23. The maximum atomic E-state index is 10.7. The Bertz CT molecular complexity index is 594. The quantitative estimate of drug-likeness (QED) is 0.851. The lowest BCUT2D eigenvalue weighted by Crippen LogP contribution is -1.95. The summed E-state index contributed by atoms with van der Waals surface area (Å²) in [5.74, 6) is -0.954. The van der Waals surface area contributed by atoms with Crippen LogP contribution in [0.25, 0.3) is 11.1 Å². The van der Waals surface area contributed by atoms with E-state index in [1.165, 1.54) is 12.1 Å². The molecule has 0 heterocycles. The molecule has 2 rings (SSSR count). The number of rotatable bonds is 2. The largest absolute Gasteiger partial charge is 0.478 e. The fourth-order valence-electron chi connectivity index (χ4n) is 1.62. The van der Waals surface area contributed by atoms with E-state index in [0.29, 0.717) is 5.56 Å². The number of carbonyl (C=O) groups is 1. The molecule has 0 aliphatic heterocycles. The zero-order chi connectivity index (χ0) is 12.3. The number of carboxylic acids is 1. The Morgan fingerprint density at radius 3 is 2.29 bits per heavy atom. The third kappa shape index (κ3) is 2.16. The maximum Gasteiger partial charge on any atom is 0.335 e. The van der Waals surface area contributed by atoms with E-state index in [9.17, 15) is 4.79 Å². The van der Waals surface area contributed by atoms with Crippen molar-refractivity contribution >= 4 is 5.97 Å². The van der Waals surface area contributed by atoms with E-state index in [-0.39, 0.29) is 5.56 Å². The molecule has 0 radical (unpaired) electrons. The number of nitrogens with zero attached hydrogens (tertiary/aromatic N) is 1. The average molecular weight is 223 g/mol. The Kier molecular flexibility index (Phi) is 2.89. The van der Waals surface area contributed by atoms with Crippen molar-refractivity contribution in [2.45, 2.75) is 0 Å². The molecule has 0 aliphatic rings. The Hall–Kier alpha value is -2.60. The first kappa shape index (κ1) is 10.9. The molecule has 0 bridgehead atoms. The van der Waals surface area contributed by atoms with Gasteiger partial charge in [0.15, 0.2) is 0 Å². The van der Waals surface area contributed by atoms with Crippen LogP contribution in [-0.4, -0.2) is 11.1 Å². The van der Waals surface area contributed by atoms with Gasteiger partial charge in [0.05, 0.1) is 17.2 Å². The van der Waals surface area contributed by atoms with Crippen LogP contribution in [0.3, 0.4) is 0 Å². The number of carboxylic acid groups (broad SMARTS) is 1. The fourth-order valence-corrected chi connectivity index (χ4v) is 1.62. The molecule has 0 aliphatic carbocycles. The first-order valence-electron chi connectivity index (χ1n) is 5.05. The molecule has 0 unspecified atom stereocenters. The monoisotopic (exact) mass is 223 g/mol. The number of benzene rings is 2. The Morgan fingerprint density at radius 1 is 1.06 bits per heavy atom. The van der Waals surface area contributed by atoms with Crippen LogP contribution in [0.4, 0.5) is 0 Å². The molecule has 1 N–H and O–H groups in total. The number of aromatic carboxylic acids is 1. The summed E-state index contributed by atoms with van der Waals surface area (Å²) >= 11 is 0. The van der Waals surface area contributed by atoms with Gasteiger partial charge in [-0.1, -0.05) is 30.3 Å². The molecule has 0 fully saturated rings. The van der Waals surface area contributed by atoms with Gasteiger partial charge in [-0.05, 0) is 29.3 Å². The van der Waals surface area contributed by atoms with E-state index in [2.05, 4.69) is 6.07 Å². The lowest BCUT2D eigenvalue weighted by atomic mass is 9.99. The Labute approximate surface area is 98.6 Å². The zero-order valence-electron chi connectivity index (χ0n) is 8.92. The van der Waals surface area contributed by atoms with E-state index >= 15 is 0 Å². The molecule has 2 aromatic carbocycles. The van der Waals surface area contributed by atoms with Crippen molar-refractivity contribution in [3.63, 3.8) is 0 Å². The molecule has 0 saturated carbocycles. The van der Waals surface area contributed by atoms with Crippen LogP contribution >= 0.6 is 0 Å². The van der Waals surface area contributed by atoms with Gasteiger partial charge in [0.25, 0.3) is 0 Å². The van der Waals surface area contributed by atoms with Gasteiger partial charge >= 0.3 is 5.97 Å². The minimum absolute atomic E-state index is 0.239. The van der Waals surface area contributed by atoms with E-state index in [1.54, 1.807) is 24.3 Å². The number of nitriles is 1. The van der Waals surface area contributed by atoms with Crippen molar-refractivity contribution < 1.29 is 9.90 Å². The molecular formula is C14H9NO2. The van der Waals surface area contributed by atoms with Gasteiger partial charge in [-0.25, -0.2) is 4.79 Å². The van der Waals surface area contributed by atoms with Crippen molar-refractivity contribution in [3.8, 4) is 17.2 Å².